The maximum Gasteiger partial charge on any atom is 0.335 e. The lowest BCUT2D eigenvalue weighted by atomic mass is 9.77. The van der Waals surface area contributed by atoms with Crippen molar-refractivity contribution in [1.29, 1.82) is 0 Å². The van der Waals surface area contributed by atoms with E-state index in [1.165, 1.54) is 23.1 Å². The van der Waals surface area contributed by atoms with Gasteiger partial charge in [0.2, 0.25) is 5.91 Å². The van der Waals surface area contributed by atoms with Gasteiger partial charge in [-0.3, -0.25) is 19.5 Å². The summed E-state index contributed by atoms with van der Waals surface area (Å²) in [5, 5.41) is 9.58. The summed E-state index contributed by atoms with van der Waals surface area (Å²) in [6, 6.07) is 7.88. The second-order valence-electron chi connectivity index (χ2n) is 6.87. The van der Waals surface area contributed by atoms with Gasteiger partial charge in [0.1, 0.15) is 0 Å². The molecule has 1 aromatic heterocycles. The van der Waals surface area contributed by atoms with Crippen LogP contribution in [0.1, 0.15) is 47.5 Å². The molecule has 1 amide bonds. The molecule has 0 bridgehead atoms. The highest BCUT2D eigenvalue weighted by atomic mass is 35.5. The van der Waals surface area contributed by atoms with Crippen molar-refractivity contribution in [3.63, 3.8) is 0 Å². The minimum absolute atomic E-state index is 0.0195. The number of ketones is 1. The van der Waals surface area contributed by atoms with Crippen molar-refractivity contribution < 1.29 is 19.5 Å². The average Bonchev–Trinajstić information content (AvgIpc) is 2.69. The van der Waals surface area contributed by atoms with Gasteiger partial charge in [-0.1, -0.05) is 11.6 Å². The van der Waals surface area contributed by atoms with Gasteiger partial charge in [0.05, 0.1) is 16.3 Å². The Balaban J connectivity index is 1.89. The molecule has 6 nitrogen and oxygen atoms in total. The number of hydrogen-bond donors (Lipinski definition) is 1. The van der Waals surface area contributed by atoms with Gasteiger partial charge in [-0.05, 0) is 48.7 Å². The molecule has 28 heavy (non-hydrogen) atoms. The Morgan fingerprint density at radius 2 is 1.89 bits per heavy atom. The van der Waals surface area contributed by atoms with E-state index < -0.39 is 5.97 Å². The van der Waals surface area contributed by atoms with Crippen LogP contribution in [0.3, 0.4) is 0 Å². The smallest absolute Gasteiger partial charge is 0.335 e. The van der Waals surface area contributed by atoms with Crippen LogP contribution in [0.4, 0.5) is 5.69 Å². The molecule has 0 radical (unpaired) electrons. The predicted molar refractivity (Wildman–Crippen MR) is 103 cm³/mol. The van der Waals surface area contributed by atoms with Crippen LogP contribution in [-0.2, 0) is 9.59 Å². The molecule has 0 fully saturated rings. The molecule has 1 aliphatic heterocycles. The molecule has 1 aliphatic carbocycles. The number of amides is 1. The third-order valence-corrected chi connectivity index (χ3v) is 5.54. The lowest BCUT2D eigenvalue weighted by molar-refractivity contribution is -0.119. The molecule has 2 aliphatic rings. The summed E-state index contributed by atoms with van der Waals surface area (Å²) in [6.45, 7) is 0. The monoisotopic (exact) mass is 396 g/mol. The molecule has 1 unspecified atom stereocenters. The first kappa shape index (κ1) is 18.4. The molecule has 0 saturated heterocycles. The highest BCUT2D eigenvalue weighted by Gasteiger charge is 2.40. The number of carboxylic acid groups (broad SMARTS) is 1. The maximum atomic E-state index is 13.1. The molecule has 142 valence electrons. The van der Waals surface area contributed by atoms with Crippen LogP contribution in [0.15, 0.2) is 54.0 Å². The van der Waals surface area contributed by atoms with Crippen LogP contribution in [0, 0.1) is 0 Å². The summed E-state index contributed by atoms with van der Waals surface area (Å²) in [6.07, 6.45) is 5.04. The van der Waals surface area contributed by atoms with Gasteiger partial charge in [0, 0.05) is 42.4 Å². The van der Waals surface area contributed by atoms with E-state index in [0.717, 1.165) is 5.56 Å². The van der Waals surface area contributed by atoms with E-state index in [-0.39, 0.29) is 34.6 Å². The SMILES string of the molecule is O=C1CCCC2=C1C(c1ccncc1)CC(=O)N2c1cc(C(=O)O)ccc1Cl. The Hall–Kier alpha value is -2.99. The van der Waals surface area contributed by atoms with Gasteiger partial charge >= 0.3 is 5.97 Å². The van der Waals surface area contributed by atoms with Gasteiger partial charge < -0.3 is 5.11 Å². The van der Waals surface area contributed by atoms with Gasteiger partial charge in [-0.25, -0.2) is 4.79 Å². The summed E-state index contributed by atoms with van der Waals surface area (Å²) in [5.74, 6) is -1.62. The molecular formula is C21H17ClN2O4. The molecule has 1 atom stereocenters. The van der Waals surface area contributed by atoms with Crippen molar-refractivity contribution in [1.82, 2.24) is 4.98 Å². The number of carbonyl (C=O) groups excluding carboxylic acids is 2. The maximum absolute atomic E-state index is 13.1. The number of halogens is 1. The van der Waals surface area contributed by atoms with Crippen LogP contribution in [-0.4, -0.2) is 27.8 Å². The van der Waals surface area contributed by atoms with Crippen molar-refractivity contribution in [2.75, 3.05) is 4.90 Å². The zero-order valence-corrected chi connectivity index (χ0v) is 15.6. The molecular weight excluding hydrogens is 380 g/mol. The minimum Gasteiger partial charge on any atom is -0.478 e. The van der Waals surface area contributed by atoms with Crippen LogP contribution >= 0.6 is 11.6 Å². The Kier molecular flexibility index (Phi) is 4.73. The highest BCUT2D eigenvalue weighted by molar-refractivity contribution is 6.34. The Bertz CT molecular complexity index is 1020. The van der Waals surface area contributed by atoms with Crippen molar-refractivity contribution >= 4 is 34.9 Å². The van der Waals surface area contributed by atoms with Crippen LogP contribution < -0.4 is 4.90 Å². The van der Waals surface area contributed by atoms with E-state index in [0.29, 0.717) is 36.2 Å². The first-order valence-electron chi connectivity index (χ1n) is 8.99. The minimum atomic E-state index is -1.11. The van der Waals surface area contributed by atoms with E-state index in [2.05, 4.69) is 4.98 Å². The van der Waals surface area contributed by atoms with Gasteiger partial charge in [-0.2, -0.15) is 0 Å². The molecule has 0 spiro atoms. The van der Waals surface area contributed by atoms with Crippen LogP contribution in [0.5, 0.6) is 0 Å². The number of pyridine rings is 1. The number of nitrogens with zero attached hydrogens (tertiary/aromatic N) is 2. The standard InChI is InChI=1S/C21H17ClN2O4/c22-15-5-4-13(21(27)28)10-17(15)24-16-2-1-3-18(25)20(16)14(11-19(24)26)12-6-8-23-9-7-12/h4-10,14H,1-3,11H2,(H,27,28). The van der Waals surface area contributed by atoms with E-state index in [1.54, 1.807) is 12.4 Å². The Labute approximate surface area is 166 Å². The fraction of sp³-hybridized carbons (Fsp3) is 0.238. The van der Waals surface area contributed by atoms with Gasteiger partial charge in [0.15, 0.2) is 5.78 Å². The van der Waals surface area contributed by atoms with Crippen LogP contribution in [0.2, 0.25) is 5.02 Å². The third kappa shape index (κ3) is 3.10. The average molecular weight is 397 g/mol. The second-order valence-corrected chi connectivity index (χ2v) is 7.28. The lowest BCUT2D eigenvalue weighted by Crippen LogP contribution is -2.40. The number of anilines is 1. The zero-order chi connectivity index (χ0) is 19.8. The van der Waals surface area contributed by atoms with E-state index in [1.807, 2.05) is 12.1 Å². The highest BCUT2D eigenvalue weighted by Crippen LogP contribution is 2.44. The van der Waals surface area contributed by atoms with Gasteiger partial charge in [0.25, 0.3) is 0 Å². The molecule has 1 N–H and O–H groups in total. The first-order valence-corrected chi connectivity index (χ1v) is 9.37. The Morgan fingerprint density at radius 1 is 1.14 bits per heavy atom. The number of allylic oxidation sites excluding steroid dienone is 2. The van der Waals surface area contributed by atoms with E-state index >= 15 is 0 Å². The number of carboxylic acids is 1. The number of rotatable bonds is 3. The molecule has 2 heterocycles. The van der Waals surface area contributed by atoms with Crippen molar-refractivity contribution in [3.8, 4) is 0 Å². The summed E-state index contributed by atoms with van der Waals surface area (Å²) in [7, 11) is 0. The normalized spacial score (nSPS) is 19.6. The van der Waals surface area contributed by atoms with Crippen molar-refractivity contribution in [2.45, 2.75) is 31.6 Å². The van der Waals surface area contributed by atoms with Crippen LogP contribution in [0.25, 0.3) is 0 Å². The molecule has 2 aromatic rings. The zero-order valence-electron chi connectivity index (χ0n) is 14.9. The number of carbonyl (C=O) groups is 3. The lowest BCUT2D eigenvalue weighted by Gasteiger charge is -2.38. The second kappa shape index (κ2) is 7.20. The summed E-state index contributed by atoms with van der Waals surface area (Å²) in [5.41, 5.74) is 2.46. The van der Waals surface area contributed by atoms with Gasteiger partial charge in [-0.15, -0.1) is 0 Å². The largest absolute Gasteiger partial charge is 0.478 e. The third-order valence-electron chi connectivity index (χ3n) is 5.22. The number of Topliss-reactive ketones (excluding diaryl/α,β-unsaturated/α-hetero) is 1. The molecule has 7 heteroatoms. The summed E-state index contributed by atoms with van der Waals surface area (Å²) < 4.78 is 0. The fourth-order valence-electron chi connectivity index (χ4n) is 3.97. The molecule has 0 saturated carbocycles. The summed E-state index contributed by atoms with van der Waals surface area (Å²) in [4.78, 5) is 42.8. The number of benzene rings is 1. The first-order chi connectivity index (χ1) is 13.5. The number of hydrogen-bond acceptors (Lipinski definition) is 4. The molecule has 4 rings (SSSR count). The predicted octanol–water partition coefficient (Wildman–Crippen LogP) is 3.96. The summed E-state index contributed by atoms with van der Waals surface area (Å²) >= 11 is 6.32. The van der Waals surface area contributed by atoms with E-state index in [4.69, 9.17) is 11.6 Å². The van der Waals surface area contributed by atoms with E-state index in [9.17, 15) is 19.5 Å². The van der Waals surface area contributed by atoms with Crippen molar-refractivity contribution in [2.24, 2.45) is 0 Å². The Morgan fingerprint density at radius 3 is 2.61 bits per heavy atom. The molecule has 1 aromatic carbocycles. The topological polar surface area (TPSA) is 87.6 Å². The fourth-order valence-corrected chi connectivity index (χ4v) is 4.17. The number of aromatic carboxylic acids is 1. The number of aromatic nitrogens is 1. The van der Waals surface area contributed by atoms with Crippen molar-refractivity contribution in [3.05, 3.63) is 70.1 Å². The quantitative estimate of drug-likeness (QED) is 0.848.